The van der Waals surface area contributed by atoms with Gasteiger partial charge >= 0.3 is 5.97 Å². The predicted octanol–water partition coefficient (Wildman–Crippen LogP) is 3.92. The van der Waals surface area contributed by atoms with Crippen LogP contribution in [0.3, 0.4) is 0 Å². The normalized spacial score (nSPS) is 13.5. The van der Waals surface area contributed by atoms with E-state index in [1.807, 2.05) is 0 Å². The Balaban J connectivity index is 1.54. The van der Waals surface area contributed by atoms with Crippen LogP contribution in [0, 0.1) is 0 Å². The van der Waals surface area contributed by atoms with Crippen molar-refractivity contribution in [1.29, 1.82) is 0 Å². The smallest absolute Gasteiger partial charge is 0.342 e. The van der Waals surface area contributed by atoms with Gasteiger partial charge in [-0.25, -0.2) is 4.79 Å². The summed E-state index contributed by atoms with van der Waals surface area (Å²) in [6, 6.07) is 19.9. The lowest BCUT2D eigenvalue weighted by Gasteiger charge is -2.17. The van der Waals surface area contributed by atoms with Gasteiger partial charge in [-0.3, -0.25) is 19.3 Å². The summed E-state index contributed by atoms with van der Waals surface area (Å²) >= 11 is 0. The van der Waals surface area contributed by atoms with Crippen molar-refractivity contribution in [3.8, 4) is 5.75 Å². The molecule has 0 spiro atoms. The van der Waals surface area contributed by atoms with Crippen molar-refractivity contribution in [3.05, 3.63) is 101 Å². The van der Waals surface area contributed by atoms with Gasteiger partial charge in [-0.15, -0.1) is 0 Å². The molecule has 4 rings (SSSR count). The predicted molar refractivity (Wildman–Crippen MR) is 119 cm³/mol. The highest BCUT2D eigenvalue weighted by molar-refractivity contribution is 6.21. The van der Waals surface area contributed by atoms with Gasteiger partial charge in [-0.2, -0.15) is 0 Å². The van der Waals surface area contributed by atoms with Crippen LogP contribution in [-0.2, 0) is 11.3 Å². The van der Waals surface area contributed by atoms with Gasteiger partial charge in [0.2, 0.25) is 5.78 Å². The van der Waals surface area contributed by atoms with Gasteiger partial charge in [0.25, 0.3) is 11.8 Å². The number of carbonyl (C=O) groups is 4. The van der Waals surface area contributed by atoms with E-state index >= 15 is 0 Å². The van der Waals surface area contributed by atoms with E-state index < -0.39 is 23.9 Å². The molecule has 1 heterocycles. The largest absolute Gasteiger partial charge is 0.496 e. The van der Waals surface area contributed by atoms with Crippen molar-refractivity contribution in [2.45, 2.75) is 19.6 Å². The number of ether oxygens (including phenoxy) is 2. The number of fused-ring (bicyclic) bond motifs is 1. The van der Waals surface area contributed by atoms with Crippen LogP contribution < -0.4 is 4.74 Å². The van der Waals surface area contributed by atoms with Crippen LogP contribution in [0.25, 0.3) is 0 Å². The van der Waals surface area contributed by atoms with Crippen molar-refractivity contribution in [1.82, 2.24) is 4.90 Å². The molecule has 0 N–H and O–H groups in total. The molecule has 1 aliphatic heterocycles. The number of amides is 2. The van der Waals surface area contributed by atoms with Crippen molar-refractivity contribution >= 4 is 23.6 Å². The molecule has 0 radical (unpaired) electrons. The van der Waals surface area contributed by atoms with E-state index in [0.717, 1.165) is 4.90 Å². The number of imide groups is 1. The van der Waals surface area contributed by atoms with Gasteiger partial charge < -0.3 is 9.47 Å². The summed E-state index contributed by atoms with van der Waals surface area (Å²) in [7, 11) is 1.41. The van der Waals surface area contributed by atoms with E-state index in [0.29, 0.717) is 22.3 Å². The van der Waals surface area contributed by atoms with E-state index in [4.69, 9.17) is 9.47 Å². The van der Waals surface area contributed by atoms with Gasteiger partial charge in [0.1, 0.15) is 11.3 Å². The molecule has 7 nitrogen and oxygen atoms in total. The molecular weight excluding hydrogens is 422 g/mol. The van der Waals surface area contributed by atoms with Crippen molar-refractivity contribution in [3.63, 3.8) is 0 Å². The highest BCUT2D eigenvalue weighted by Crippen LogP contribution is 2.27. The first kappa shape index (κ1) is 22.0. The number of nitrogens with zero attached hydrogens (tertiary/aromatic N) is 1. The fraction of sp³-hybridized carbons (Fsp3) is 0.154. The number of ketones is 1. The van der Waals surface area contributed by atoms with Crippen molar-refractivity contribution in [2.24, 2.45) is 0 Å². The standard InChI is InChI=1S/C26H21NO6/c1-16(23(28)18-8-4-3-5-9-18)33-26(31)21-14-17(12-13-22(21)32-2)15-27-24(29)19-10-6-7-11-20(19)25(27)30/h3-14,16H,15H2,1-2H3. The summed E-state index contributed by atoms with van der Waals surface area (Å²) in [4.78, 5) is 51.9. The zero-order valence-corrected chi connectivity index (χ0v) is 18.1. The molecule has 7 heteroatoms. The van der Waals surface area contributed by atoms with Crippen LogP contribution in [0.1, 0.15) is 53.9 Å². The molecule has 166 valence electrons. The summed E-state index contributed by atoms with van der Waals surface area (Å²) < 4.78 is 10.7. The van der Waals surface area contributed by atoms with Gasteiger partial charge in [-0.1, -0.05) is 48.5 Å². The summed E-state index contributed by atoms with van der Waals surface area (Å²) in [5.41, 5.74) is 1.77. The third kappa shape index (κ3) is 4.25. The Hall–Kier alpha value is -4.26. The first-order valence-electron chi connectivity index (χ1n) is 10.3. The second-order valence-corrected chi connectivity index (χ2v) is 7.55. The molecule has 0 fully saturated rings. The Kier molecular flexibility index (Phi) is 6.04. The molecule has 0 aromatic heterocycles. The van der Waals surface area contributed by atoms with Crippen LogP contribution in [0.2, 0.25) is 0 Å². The first-order valence-corrected chi connectivity index (χ1v) is 10.3. The second kappa shape index (κ2) is 9.08. The fourth-order valence-electron chi connectivity index (χ4n) is 3.69. The molecule has 0 bridgehead atoms. The first-order chi connectivity index (χ1) is 15.9. The minimum absolute atomic E-state index is 0.0187. The van der Waals surface area contributed by atoms with Gasteiger partial charge in [0, 0.05) is 5.56 Å². The Morgan fingerprint density at radius 3 is 2.09 bits per heavy atom. The lowest BCUT2D eigenvalue weighted by atomic mass is 10.1. The maximum absolute atomic E-state index is 12.9. The summed E-state index contributed by atoms with van der Waals surface area (Å²) in [6.45, 7) is 1.48. The van der Waals surface area contributed by atoms with Crippen molar-refractivity contribution in [2.75, 3.05) is 7.11 Å². The zero-order chi connectivity index (χ0) is 23.5. The number of Topliss-reactive ketones (excluding diaryl/α,β-unsaturated/α-hetero) is 1. The van der Waals surface area contributed by atoms with Crippen LogP contribution in [-0.4, -0.2) is 41.7 Å². The van der Waals surface area contributed by atoms with E-state index in [1.165, 1.54) is 20.1 Å². The number of hydrogen-bond donors (Lipinski definition) is 0. The van der Waals surface area contributed by atoms with E-state index in [1.54, 1.807) is 66.7 Å². The van der Waals surface area contributed by atoms with Crippen LogP contribution in [0.15, 0.2) is 72.8 Å². The molecule has 1 unspecified atom stereocenters. The number of methoxy groups -OCH3 is 1. The summed E-state index contributed by atoms with van der Waals surface area (Å²) in [5, 5.41) is 0. The van der Waals surface area contributed by atoms with Gasteiger partial charge in [0.05, 0.1) is 24.8 Å². The third-order valence-corrected chi connectivity index (χ3v) is 5.41. The topological polar surface area (TPSA) is 90.0 Å². The minimum Gasteiger partial charge on any atom is -0.496 e. The quantitative estimate of drug-likeness (QED) is 0.312. The highest BCUT2D eigenvalue weighted by Gasteiger charge is 2.35. The lowest BCUT2D eigenvalue weighted by Crippen LogP contribution is -2.29. The molecule has 1 aliphatic rings. The minimum atomic E-state index is -1.01. The molecule has 3 aromatic carbocycles. The number of carbonyl (C=O) groups excluding carboxylic acids is 4. The Morgan fingerprint density at radius 2 is 1.48 bits per heavy atom. The van der Waals surface area contributed by atoms with Gasteiger partial charge in [0.15, 0.2) is 6.10 Å². The molecular formula is C26H21NO6. The summed E-state index contributed by atoms with van der Waals surface area (Å²) in [5.74, 6) is -1.60. The Bertz CT molecular complexity index is 1220. The highest BCUT2D eigenvalue weighted by atomic mass is 16.5. The monoisotopic (exact) mass is 443 g/mol. The molecule has 3 aromatic rings. The lowest BCUT2D eigenvalue weighted by molar-refractivity contribution is 0.0315. The molecule has 0 aliphatic carbocycles. The SMILES string of the molecule is COc1ccc(CN2C(=O)c3ccccc3C2=O)cc1C(=O)OC(C)C(=O)c1ccccc1. The Morgan fingerprint density at radius 1 is 0.879 bits per heavy atom. The Labute approximate surface area is 190 Å². The third-order valence-electron chi connectivity index (χ3n) is 5.41. The number of benzene rings is 3. The fourth-order valence-corrected chi connectivity index (χ4v) is 3.69. The zero-order valence-electron chi connectivity index (χ0n) is 18.1. The molecule has 0 saturated carbocycles. The average molecular weight is 443 g/mol. The number of hydrogen-bond acceptors (Lipinski definition) is 6. The van der Waals surface area contributed by atoms with Crippen LogP contribution >= 0.6 is 0 Å². The molecule has 33 heavy (non-hydrogen) atoms. The van der Waals surface area contributed by atoms with Crippen molar-refractivity contribution < 1.29 is 28.7 Å². The maximum Gasteiger partial charge on any atom is 0.342 e. The number of esters is 1. The number of rotatable bonds is 7. The van der Waals surface area contributed by atoms with E-state index in [9.17, 15) is 19.2 Å². The molecule has 1 atom stereocenters. The molecule has 2 amide bonds. The summed E-state index contributed by atoms with van der Waals surface area (Å²) in [6.07, 6.45) is -1.01. The van der Waals surface area contributed by atoms with E-state index in [-0.39, 0.29) is 23.6 Å². The maximum atomic E-state index is 12.9. The van der Waals surface area contributed by atoms with Gasteiger partial charge in [-0.05, 0) is 36.8 Å². The van der Waals surface area contributed by atoms with E-state index in [2.05, 4.69) is 0 Å². The second-order valence-electron chi connectivity index (χ2n) is 7.55. The van der Waals surface area contributed by atoms with Crippen LogP contribution in [0.4, 0.5) is 0 Å². The average Bonchev–Trinajstić information content (AvgIpc) is 3.09. The van der Waals surface area contributed by atoms with Crippen LogP contribution in [0.5, 0.6) is 5.75 Å². The molecule has 0 saturated heterocycles.